The summed E-state index contributed by atoms with van der Waals surface area (Å²) in [7, 11) is 1.89. The summed E-state index contributed by atoms with van der Waals surface area (Å²) in [5, 5.41) is 12.2. The Bertz CT molecular complexity index is 1080. The smallest absolute Gasteiger partial charge is 0.0488 e. The third-order valence-electron chi connectivity index (χ3n) is 4.85. The largest absolute Gasteiger partial charge is 0.388 e. The van der Waals surface area contributed by atoms with Crippen LogP contribution in [0.5, 0.6) is 0 Å². The molecule has 0 unspecified atom stereocenters. The number of benzene rings is 2. The average molecular weight is 370 g/mol. The third kappa shape index (κ3) is 4.15. The van der Waals surface area contributed by atoms with Gasteiger partial charge in [0.25, 0.3) is 0 Å². The fourth-order valence-corrected chi connectivity index (χ4v) is 3.29. The van der Waals surface area contributed by atoms with Crippen LogP contribution in [0.4, 0.5) is 0 Å². The summed E-state index contributed by atoms with van der Waals surface area (Å²) in [6.07, 6.45) is 8.25. The lowest BCUT2D eigenvalue weighted by molar-refractivity contribution is 0.827. The number of aromatic nitrogens is 1. The van der Waals surface area contributed by atoms with E-state index in [0.717, 1.165) is 34.4 Å². The van der Waals surface area contributed by atoms with E-state index in [-0.39, 0.29) is 0 Å². The van der Waals surface area contributed by atoms with Crippen molar-refractivity contribution in [3.63, 3.8) is 0 Å². The first-order valence-corrected chi connectivity index (χ1v) is 9.47. The molecule has 1 heterocycles. The van der Waals surface area contributed by atoms with Crippen LogP contribution >= 0.6 is 0 Å². The maximum atomic E-state index is 7.92. The van der Waals surface area contributed by atoms with Gasteiger partial charge in [0.1, 0.15) is 0 Å². The van der Waals surface area contributed by atoms with Gasteiger partial charge in [-0.3, -0.25) is 0 Å². The molecule has 0 aliphatic rings. The topological polar surface area (TPSA) is 40.8 Å². The lowest BCUT2D eigenvalue weighted by Crippen LogP contribution is -2.05. The molecular weight excluding hydrogens is 342 g/mol. The third-order valence-corrected chi connectivity index (χ3v) is 4.85. The van der Waals surface area contributed by atoms with E-state index in [1.54, 1.807) is 0 Å². The van der Waals surface area contributed by atoms with Gasteiger partial charge in [-0.25, -0.2) is 0 Å². The highest BCUT2D eigenvalue weighted by Crippen LogP contribution is 2.25. The number of nitrogens with one attached hydrogen (secondary N) is 2. The molecule has 3 aromatic rings. The minimum Gasteiger partial charge on any atom is -0.388 e. The highest BCUT2D eigenvalue weighted by atomic mass is 15.0. The van der Waals surface area contributed by atoms with E-state index in [2.05, 4.69) is 71.1 Å². The van der Waals surface area contributed by atoms with Gasteiger partial charge in [0, 0.05) is 41.6 Å². The summed E-state index contributed by atoms with van der Waals surface area (Å²) in [5.74, 6) is 0. The van der Waals surface area contributed by atoms with Gasteiger partial charge in [-0.2, -0.15) is 0 Å². The highest BCUT2D eigenvalue weighted by Gasteiger charge is 2.10. The second-order valence-corrected chi connectivity index (χ2v) is 6.87. The van der Waals surface area contributed by atoms with Crippen LogP contribution in [-0.4, -0.2) is 17.3 Å². The normalized spacial score (nSPS) is 11.5. The molecule has 142 valence electrons. The molecule has 0 bridgehead atoms. The van der Waals surface area contributed by atoms with Crippen molar-refractivity contribution in [2.45, 2.75) is 20.4 Å². The van der Waals surface area contributed by atoms with Crippen molar-refractivity contribution < 1.29 is 0 Å². The minimum atomic E-state index is 0.582. The number of allylic oxidation sites excluding steroid dienone is 3. The Morgan fingerprint density at radius 3 is 2.64 bits per heavy atom. The van der Waals surface area contributed by atoms with Crippen molar-refractivity contribution in [1.82, 2.24) is 9.88 Å². The van der Waals surface area contributed by atoms with Gasteiger partial charge >= 0.3 is 0 Å². The number of hydrogen-bond donors (Lipinski definition) is 2. The van der Waals surface area contributed by atoms with E-state index in [9.17, 15) is 0 Å². The minimum absolute atomic E-state index is 0.582. The summed E-state index contributed by atoms with van der Waals surface area (Å²) in [4.78, 5) is 0. The summed E-state index contributed by atoms with van der Waals surface area (Å²) >= 11 is 0. The lowest BCUT2D eigenvalue weighted by Gasteiger charge is -2.12. The fourth-order valence-electron chi connectivity index (χ4n) is 3.29. The molecule has 2 N–H and O–H groups in total. The summed E-state index contributed by atoms with van der Waals surface area (Å²) in [6.45, 7) is 8.68. The van der Waals surface area contributed by atoms with Crippen LogP contribution in [0.3, 0.4) is 0 Å². The summed E-state index contributed by atoms with van der Waals surface area (Å²) in [5.41, 5.74) is 7.09. The fraction of sp³-hybridized carbons (Fsp3) is 0.160. The molecule has 0 aliphatic carbocycles. The van der Waals surface area contributed by atoms with Crippen LogP contribution in [0.15, 0.2) is 73.3 Å². The molecular formula is C25H27N3. The molecule has 3 rings (SSSR count). The van der Waals surface area contributed by atoms with Crippen molar-refractivity contribution in [2.75, 3.05) is 7.05 Å². The van der Waals surface area contributed by atoms with Crippen LogP contribution in [0.25, 0.3) is 22.7 Å². The molecule has 0 radical (unpaired) electrons. The first-order valence-electron chi connectivity index (χ1n) is 9.47. The highest BCUT2D eigenvalue weighted by molar-refractivity contribution is 6.00. The summed E-state index contributed by atoms with van der Waals surface area (Å²) < 4.78 is 2.32. The molecule has 0 saturated carbocycles. The zero-order valence-electron chi connectivity index (χ0n) is 16.8. The predicted molar refractivity (Wildman–Crippen MR) is 122 cm³/mol. The van der Waals surface area contributed by atoms with Gasteiger partial charge in [-0.1, -0.05) is 49.1 Å². The number of hydrogen-bond acceptors (Lipinski definition) is 2. The van der Waals surface area contributed by atoms with E-state index in [1.807, 2.05) is 39.1 Å². The van der Waals surface area contributed by atoms with E-state index in [4.69, 9.17) is 5.41 Å². The molecule has 3 nitrogen and oxygen atoms in total. The first kappa shape index (κ1) is 19.4. The Balaban J connectivity index is 2.08. The van der Waals surface area contributed by atoms with Crippen LogP contribution in [0, 0.1) is 5.41 Å². The van der Waals surface area contributed by atoms with Crippen molar-refractivity contribution in [3.8, 4) is 0 Å². The summed E-state index contributed by atoms with van der Waals surface area (Å²) in [6, 6.07) is 16.9. The molecule has 0 spiro atoms. The number of nitrogens with zero attached hydrogens (tertiary/aromatic N) is 1. The van der Waals surface area contributed by atoms with Gasteiger partial charge in [0.2, 0.25) is 0 Å². The molecule has 0 amide bonds. The molecule has 28 heavy (non-hydrogen) atoms. The zero-order chi connectivity index (χ0) is 20.1. The van der Waals surface area contributed by atoms with E-state index >= 15 is 0 Å². The second kappa shape index (κ2) is 8.57. The average Bonchev–Trinajstić information content (AvgIpc) is 3.04. The quantitative estimate of drug-likeness (QED) is 0.398. The van der Waals surface area contributed by atoms with Crippen molar-refractivity contribution >= 4 is 28.4 Å². The number of rotatable bonds is 7. The molecule has 0 fully saturated rings. The van der Waals surface area contributed by atoms with Crippen molar-refractivity contribution in [2.24, 2.45) is 0 Å². The SMILES string of the molecule is C=C(NC)c1cccc(Cn2c(/C=C\C=C/C)cc3cc(C(C)=N)ccc32)c1. The van der Waals surface area contributed by atoms with Crippen molar-refractivity contribution in [1.29, 1.82) is 5.41 Å². The maximum absolute atomic E-state index is 7.92. The first-order chi connectivity index (χ1) is 13.5. The molecule has 1 aromatic heterocycles. The zero-order valence-corrected chi connectivity index (χ0v) is 16.8. The maximum Gasteiger partial charge on any atom is 0.0488 e. The second-order valence-electron chi connectivity index (χ2n) is 6.87. The Labute approximate surface area is 167 Å². The van der Waals surface area contributed by atoms with E-state index in [1.165, 1.54) is 11.1 Å². The monoisotopic (exact) mass is 369 g/mol. The Hall–Kier alpha value is -3.33. The van der Waals surface area contributed by atoms with Crippen molar-refractivity contribution in [3.05, 3.63) is 95.7 Å². The lowest BCUT2D eigenvalue weighted by atomic mass is 10.1. The van der Waals surface area contributed by atoms with Crippen LogP contribution in [0.2, 0.25) is 0 Å². The van der Waals surface area contributed by atoms with Gasteiger partial charge in [0.15, 0.2) is 0 Å². The van der Waals surface area contributed by atoms with Crippen LogP contribution in [0.1, 0.15) is 36.2 Å². The Morgan fingerprint density at radius 2 is 1.93 bits per heavy atom. The van der Waals surface area contributed by atoms with Gasteiger partial charge < -0.3 is 15.3 Å². The van der Waals surface area contributed by atoms with Crippen LogP contribution in [-0.2, 0) is 6.54 Å². The molecule has 2 aromatic carbocycles. The standard InChI is InChI=1S/C25H27N3/c1-5-6-7-11-24-16-23-15-21(18(2)26)12-13-25(23)28(24)17-20-9-8-10-22(14-20)19(3)27-4/h5-16,26-27H,3,17H2,1-2,4H3/b6-5-,11-7-,26-18?. The van der Waals surface area contributed by atoms with Gasteiger partial charge in [0.05, 0.1) is 0 Å². The molecule has 0 saturated heterocycles. The Morgan fingerprint density at radius 1 is 1.11 bits per heavy atom. The van der Waals surface area contributed by atoms with Crippen LogP contribution < -0.4 is 5.32 Å². The molecule has 0 aliphatic heterocycles. The number of fused-ring (bicyclic) bond motifs is 1. The predicted octanol–water partition coefficient (Wildman–Crippen LogP) is 5.86. The van der Waals surface area contributed by atoms with Gasteiger partial charge in [-0.15, -0.1) is 0 Å². The van der Waals surface area contributed by atoms with Gasteiger partial charge in [-0.05, 0) is 60.9 Å². The molecule has 3 heteroatoms. The van der Waals surface area contributed by atoms with E-state index < -0.39 is 0 Å². The molecule has 0 atom stereocenters. The Kier molecular flexibility index (Phi) is 5.95. The van der Waals surface area contributed by atoms with E-state index in [0.29, 0.717) is 5.71 Å².